The van der Waals surface area contributed by atoms with Crippen molar-refractivity contribution < 1.29 is 19.4 Å². The summed E-state index contributed by atoms with van der Waals surface area (Å²) in [7, 11) is 1.94. The molecule has 1 saturated carbocycles. The van der Waals surface area contributed by atoms with Crippen molar-refractivity contribution in [2.24, 2.45) is 0 Å². The topological polar surface area (TPSA) is 135 Å². The fourth-order valence-corrected chi connectivity index (χ4v) is 6.36. The molecule has 3 heterocycles. The van der Waals surface area contributed by atoms with Gasteiger partial charge in [0, 0.05) is 42.8 Å². The van der Waals surface area contributed by atoms with Gasteiger partial charge in [0.1, 0.15) is 12.4 Å². The number of aromatic nitrogens is 2. The molecule has 2 fully saturated rings. The summed E-state index contributed by atoms with van der Waals surface area (Å²) in [5.41, 5.74) is 3.57. The number of ether oxygens (including phenoxy) is 1. The number of nitrogens with one attached hydrogen (secondary N) is 1. The Hall–Kier alpha value is -4.69. The van der Waals surface area contributed by atoms with Gasteiger partial charge < -0.3 is 29.9 Å². The number of anilines is 2. The number of carbonyl (C=O) groups excluding carboxylic acids is 1. The second kappa shape index (κ2) is 12.1. The highest BCUT2D eigenvalue weighted by molar-refractivity contribution is 5.95. The Morgan fingerprint density at radius 3 is 2.75 bits per heavy atom. The number of carbonyl (C=O) groups is 2. The van der Waals surface area contributed by atoms with Gasteiger partial charge in [-0.15, -0.1) is 0 Å². The molecule has 2 aliphatic heterocycles. The zero-order valence-corrected chi connectivity index (χ0v) is 25.0. The molecular weight excluding hydrogens is 558 g/mol. The molecule has 11 heteroatoms. The molecule has 2 aromatic carbocycles. The standard InChI is InChI=1S/C33H37N7O4/c1-3-29(41)40-15-14-39(19-24(40)8-12-34)31-26-9-13-38(20-27(26)36-32(37-31)44-21-33(35-2)10-11-33)28-17-22(18-30(42)43)16-23-6-4-5-7-25(23)28/h3-7,16-17,24,35H,1,8-11,13-15,18-21H2,2H3,(H,42,43)/t24-/m0/s1. The summed E-state index contributed by atoms with van der Waals surface area (Å²) in [4.78, 5) is 40.1. The van der Waals surface area contributed by atoms with Crippen molar-refractivity contribution in [3.63, 3.8) is 0 Å². The van der Waals surface area contributed by atoms with Crippen LogP contribution in [0.5, 0.6) is 6.01 Å². The molecule has 1 atom stereocenters. The molecule has 0 bridgehead atoms. The average Bonchev–Trinajstić information content (AvgIpc) is 3.82. The van der Waals surface area contributed by atoms with Crippen LogP contribution in [0.25, 0.3) is 10.8 Å². The van der Waals surface area contributed by atoms with Crippen LogP contribution < -0.4 is 19.9 Å². The molecule has 3 aliphatic rings. The van der Waals surface area contributed by atoms with Crippen molar-refractivity contribution in [2.45, 2.75) is 50.2 Å². The molecule has 1 aliphatic carbocycles. The predicted octanol–water partition coefficient (Wildman–Crippen LogP) is 3.07. The lowest BCUT2D eigenvalue weighted by Gasteiger charge is -2.42. The SMILES string of the molecule is C=CC(=O)N1CCN(c2nc(OCC3(NC)CC3)nc3c2CCN(c2cc(CC(=O)O)cc4ccccc24)C3)C[C@@H]1CC#N. The maximum Gasteiger partial charge on any atom is 0.318 e. The zero-order chi connectivity index (χ0) is 30.8. The third-order valence-electron chi connectivity index (χ3n) is 9.05. The summed E-state index contributed by atoms with van der Waals surface area (Å²) in [5.74, 6) is -0.250. The van der Waals surface area contributed by atoms with Crippen LogP contribution in [0.4, 0.5) is 11.5 Å². The quantitative estimate of drug-likeness (QED) is 0.337. The number of aliphatic carboxylic acids is 1. The number of carboxylic acids is 1. The second-order valence-corrected chi connectivity index (χ2v) is 11.9. The Bertz CT molecular complexity index is 1650. The summed E-state index contributed by atoms with van der Waals surface area (Å²) in [6.45, 7) is 6.81. The normalized spacial score (nSPS) is 18.8. The van der Waals surface area contributed by atoms with Crippen molar-refractivity contribution >= 4 is 34.2 Å². The maximum absolute atomic E-state index is 12.5. The first-order chi connectivity index (χ1) is 21.3. The first kappa shape index (κ1) is 29.4. The average molecular weight is 596 g/mol. The molecule has 6 rings (SSSR count). The van der Waals surface area contributed by atoms with Crippen LogP contribution in [0, 0.1) is 11.3 Å². The number of likely N-dealkylation sites (N-methyl/N-ethyl adjacent to an activating group) is 1. The Morgan fingerprint density at radius 1 is 1.20 bits per heavy atom. The molecule has 1 aromatic heterocycles. The van der Waals surface area contributed by atoms with Crippen molar-refractivity contribution in [1.82, 2.24) is 20.2 Å². The molecule has 0 spiro atoms. The van der Waals surface area contributed by atoms with E-state index < -0.39 is 5.97 Å². The van der Waals surface area contributed by atoms with E-state index in [-0.39, 0.29) is 30.3 Å². The van der Waals surface area contributed by atoms with Crippen LogP contribution in [0.15, 0.2) is 49.1 Å². The zero-order valence-electron chi connectivity index (χ0n) is 25.0. The van der Waals surface area contributed by atoms with E-state index in [0.717, 1.165) is 51.9 Å². The van der Waals surface area contributed by atoms with Gasteiger partial charge >= 0.3 is 12.0 Å². The molecular formula is C33H37N7O4. The van der Waals surface area contributed by atoms with E-state index in [0.29, 0.717) is 51.8 Å². The predicted molar refractivity (Wildman–Crippen MR) is 167 cm³/mol. The minimum atomic E-state index is -0.867. The van der Waals surface area contributed by atoms with Gasteiger partial charge in [0.15, 0.2) is 0 Å². The third kappa shape index (κ3) is 5.90. The number of benzene rings is 2. The first-order valence-corrected chi connectivity index (χ1v) is 15.1. The summed E-state index contributed by atoms with van der Waals surface area (Å²) in [6, 6.07) is 14.2. The van der Waals surface area contributed by atoms with Crippen molar-refractivity contribution in [3.8, 4) is 12.1 Å². The minimum absolute atomic E-state index is 0.0516. The number of amides is 1. The number of fused-ring (bicyclic) bond motifs is 2. The molecule has 1 saturated heterocycles. The van der Waals surface area contributed by atoms with E-state index in [1.165, 1.54) is 6.08 Å². The fourth-order valence-electron chi connectivity index (χ4n) is 6.36. The molecule has 228 valence electrons. The Kier molecular flexibility index (Phi) is 8.10. The van der Waals surface area contributed by atoms with Crippen molar-refractivity contribution in [1.29, 1.82) is 5.26 Å². The van der Waals surface area contributed by atoms with Crippen LogP contribution in [-0.4, -0.2) is 83.3 Å². The lowest BCUT2D eigenvalue weighted by molar-refractivity contribution is -0.136. The van der Waals surface area contributed by atoms with Gasteiger partial charge in [-0.25, -0.2) is 0 Å². The lowest BCUT2D eigenvalue weighted by Crippen LogP contribution is -2.55. The number of nitrogens with zero attached hydrogens (tertiary/aromatic N) is 6. The van der Waals surface area contributed by atoms with Crippen LogP contribution in [0.1, 0.15) is 36.1 Å². The summed E-state index contributed by atoms with van der Waals surface area (Å²) >= 11 is 0. The summed E-state index contributed by atoms with van der Waals surface area (Å²) in [6.07, 6.45) is 4.21. The van der Waals surface area contributed by atoms with Crippen molar-refractivity contribution in [3.05, 3.63) is 65.9 Å². The van der Waals surface area contributed by atoms with Gasteiger partial charge in [-0.05, 0) is 49.4 Å². The minimum Gasteiger partial charge on any atom is -0.481 e. The monoisotopic (exact) mass is 595 g/mol. The molecule has 0 unspecified atom stereocenters. The Labute approximate surface area is 256 Å². The van der Waals surface area contributed by atoms with Gasteiger partial charge in [0.25, 0.3) is 0 Å². The van der Waals surface area contributed by atoms with E-state index in [1.54, 1.807) is 4.90 Å². The van der Waals surface area contributed by atoms with Crippen molar-refractivity contribution in [2.75, 3.05) is 49.6 Å². The largest absolute Gasteiger partial charge is 0.481 e. The smallest absolute Gasteiger partial charge is 0.318 e. The van der Waals surface area contributed by atoms with E-state index in [9.17, 15) is 20.0 Å². The fraction of sp³-hybridized carbons (Fsp3) is 0.424. The van der Waals surface area contributed by atoms with E-state index >= 15 is 0 Å². The summed E-state index contributed by atoms with van der Waals surface area (Å²) < 4.78 is 6.22. The molecule has 1 amide bonds. The van der Waals surface area contributed by atoms with Crippen LogP contribution >= 0.6 is 0 Å². The van der Waals surface area contributed by atoms with Gasteiger partial charge in [-0.1, -0.05) is 36.9 Å². The number of hydrogen-bond acceptors (Lipinski definition) is 9. The number of hydrogen-bond donors (Lipinski definition) is 2. The number of carboxylic acid groups (broad SMARTS) is 1. The molecule has 0 radical (unpaired) electrons. The highest BCUT2D eigenvalue weighted by atomic mass is 16.5. The van der Waals surface area contributed by atoms with Gasteiger partial charge in [-0.2, -0.15) is 15.2 Å². The van der Waals surface area contributed by atoms with Crippen LogP contribution in [-0.2, 0) is 29.0 Å². The maximum atomic E-state index is 12.5. The molecule has 3 aromatic rings. The number of rotatable bonds is 10. The Morgan fingerprint density at radius 2 is 2.02 bits per heavy atom. The van der Waals surface area contributed by atoms with Gasteiger partial charge in [-0.3, -0.25) is 9.59 Å². The highest BCUT2D eigenvalue weighted by Crippen LogP contribution is 2.37. The van der Waals surface area contributed by atoms with E-state index in [4.69, 9.17) is 14.7 Å². The third-order valence-corrected chi connectivity index (χ3v) is 9.05. The van der Waals surface area contributed by atoms with Crippen LogP contribution in [0.2, 0.25) is 0 Å². The lowest BCUT2D eigenvalue weighted by atomic mass is 9.99. The summed E-state index contributed by atoms with van der Waals surface area (Å²) in [5, 5.41) is 24.4. The highest BCUT2D eigenvalue weighted by Gasteiger charge is 2.42. The Balaban J connectivity index is 1.36. The molecule has 44 heavy (non-hydrogen) atoms. The first-order valence-electron chi connectivity index (χ1n) is 15.1. The van der Waals surface area contributed by atoms with E-state index in [2.05, 4.69) is 33.8 Å². The van der Waals surface area contributed by atoms with Crippen LogP contribution in [0.3, 0.4) is 0 Å². The van der Waals surface area contributed by atoms with E-state index in [1.807, 2.05) is 37.4 Å². The number of piperazine rings is 1. The molecule has 2 N–H and O–H groups in total. The second-order valence-electron chi connectivity index (χ2n) is 11.9. The van der Waals surface area contributed by atoms with Gasteiger partial charge in [0.05, 0.1) is 42.7 Å². The molecule has 11 nitrogen and oxygen atoms in total. The van der Waals surface area contributed by atoms with Gasteiger partial charge in [0.2, 0.25) is 5.91 Å². The number of nitriles is 1.